The highest BCUT2D eigenvalue weighted by atomic mass is 35.5. The minimum Gasteiger partial charge on any atom is -0.497 e. The molecule has 0 radical (unpaired) electrons. The Balaban J connectivity index is 1.44. The van der Waals surface area contributed by atoms with Crippen LogP contribution in [-0.4, -0.2) is 46.0 Å². The molecule has 10 heteroatoms. The monoisotopic (exact) mass is 467 g/mol. The molecule has 0 spiro atoms. The third-order valence-corrected chi connectivity index (χ3v) is 5.40. The minimum absolute atomic E-state index is 0.187. The number of carbonyl (C=O) groups excluding carboxylic acids is 1. The summed E-state index contributed by atoms with van der Waals surface area (Å²) in [6, 6.07) is 12.3. The van der Waals surface area contributed by atoms with Crippen LogP contribution in [0.2, 0.25) is 5.02 Å². The molecule has 9 nitrogen and oxygen atoms in total. The second kappa shape index (κ2) is 9.74. The number of methoxy groups -OCH3 is 2. The lowest BCUT2D eigenvalue weighted by molar-refractivity contribution is 0.0949. The first-order valence-corrected chi connectivity index (χ1v) is 10.5. The molecule has 4 aromatic rings. The molecular formula is C23H22ClN5O4. The van der Waals surface area contributed by atoms with Crippen molar-refractivity contribution in [3.63, 3.8) is 0 Å². The molecular weight excluding hydrogens is 446 g/mol. The number of nitrogens with one attached hydrogen (secondary N) is 1. The molecule has 1 amide bonds. The van der Waals surface area contributed by atoms with E-state index in [0.29, 0.717) is 52.8 Å². The van der Waals surface area contributed by atoms with E-state index in [1.54, 1.807) is 42.1 Å². The summed E-state index contributed by atoms with van der Waals surface area (Å²) in [4.78, 5) is 29.8. The molecule has 33 heavy (non-hydrogen) atoms. The second-order valence-corrected chi connectivity index (χ2v) is 7.67. The average molecular weight is 468 g/mol. The Morgan fingerprint density at radius 1 is 1.12 bits per heavy atom. The van der Waals surface area contributed by atoms with Gasteiger partial charge in [0.15, 0.2) is 5.65 Å². The van der Waals surface area contributed by atoms with Crippen LogP contribution in [0.5, 0.6) is 11.5 Å². The van der Waals surface area contributed by atoms with E-state index < -0.39 is 0 Å². The van der Waals surface area contributed by atoms with E-state index in [2.05, 4.69) is 15.4 Å². The number of amides is 1. The molecule has 2 aromatic heterocycles. The van der Waals surface area contributed by atoms with Crippen LogP contribution in [0, 0.1) is 0 Å². The number of halogens is 1. The van der Waals surface area contributed by atoms with Crippen LogP contribution in [-0.2, 0) is 13.1 Å². The lowest BCUT2D eigenvalue weighted by Gasteiger charge is -2.11. The van der Waals surface area contributed by atoms with Gasteiger partial charge in [0.05, 0.1) is 39.1 Å². The van der Waals surface area contributed by atoms with Gasteiger partial charge >= 0.3 is 0 Å². The van der Waals surface area contributed by atoms with E-state index in [1.807, 2.05) is 12.1 Å². The molecule has 0 fully saturated rings. The van der Waals surface area contributed by atoms with E-state index in [-0.39, 0.29) is 11.5 Å². The fourth-order valence-corrected chi connectivity index (χ4v) is 3.54. The summed E-state index contributed by atoms with van der Waals surface area (Å²) in [5.41, 5.74) is 1.61. The lowest BCUT2D eigenvalue weighted by Crippen LogP contribution is -2.28. The van der Waals surface area contributed by atoms with Gasteiger partial charge in [-0.1, -0.05) is 23.7 Å². The number of fused-ring (bicyclic) bond motifs is 1. The quantitative estimate of drug-likeness (QED) is 0.427. The molecule has 0 bridgehead atoms. The van der Waals surface area contributed by atoms with Gasteiger partial charge in [-0.05, 0) is 29.8 Å². The van der Waals surface area contributed by atoms with E-state index >= 15 is 0 Å². The summed E-state index contributed by atoms with van der Waals surface area (Å²) in [5, 5.41) is 8.16. The fourth-order valence-electron chi connectivity index (χ4n) is 3.42. The van der Waals surface area contributed by atoms with Gasteiger partial charge in [-0.15, -0.1) is 0 Å². The Bertz CT molecular complexity index is 1350. The highest BCUT2D eigenvalue weighted by Gasteiger charge is 2.14. The van der Waals surface area contributed by atoms with Crippen molar-refractivity contribution >= 4 is 28.5 Å². The van der Waals surface area contributed by atoms with Gasteiger partial charge in [0.2, 0.25) is 0 Å². The second-order valence-electron chi connectivity index (χ2n) is 7.23. The normalized spacial score (nSPS) is 10.9. The molecule has 0 saturated carbocycles. The molecule has 0 atom stereocenters. The van der Waals surface area contributed by atoms with Crippen LogP contribution in [0.4, 0.5) is 0 Å². The van der Waals surface area contributed by atoms with Crippen molar-refractivity contribution in [3.8, 4) is 11.5 Å². The Kier molecular flexibility index (Phi) is 6.60. The molecule has 4 rings (SSSR count). The predicted molar refractivity (Wildman–Crippen MR) is 124 cm³/mol. The zero-order valence-corrected chi connectivity index (χ0v) is 18.9. The zero-order valence-electron chi connectivity index (χ0n) is 18.1. The Morgan fingerprint density at radius 3 is 2.64 bits per heavy atom. The standard InChI is InChI=1S/C23H22ClN5O4/c1-32-17-7-8-18(20(11-17)33-2)22(30)25-9-10-29-21-19(12-27-29)23(31)28(14-26-21)13-15-3-5-16(24)6-4-15/h3-8,11-12,14H,9-10,13H2,1-2H3,(H,25,30). The van der Waals surface area contributed by atoms with E-state index in [4.69, 9.17) is 21.1 Å². The molecule has 0 aliphatic carbocycles. The molecule has 2 heterocycles. The third kappa shape index (κ3) is 4.83. The van der Waals surface area contributed by atoms with Crippen LogP contribution in [0.25, 0.3) is 11.0 Å². The maximum atomic E-state index is 12.9. The van der Waals surface area contributed by atoms with Gasteiger partial charge < -0.3 is 14.8 Å². The number of nitrogens with zero attached hydrogens (tertiary/aromatic N) is 4. The average Bonchev–Trinajstić information content (AvgIpc) is 3.25. The van der Waals surface area contributed by atoms with Crippen molar-refractivity contribution in [3.05, 3.63) is 81.5 Å². The number of hydrogen-bond donors (Lipinski definition) is 1. The van der Waals surface area contributed by atoms with Crippen LogP contribution < -0.4 is 20.3 Å². The maximum Gasteiger partial charge on any atom is 0.264 e. The summed E-state index contributed by atoms with van der Waals surface area (Å²) >= 11 is 5.92. The highest BCUT2D eigenvalue weighted by molar-refractivity contribution is 6.30. The maximum absolute atomic E-state index is 12.9. The molecule has 0 aliphatic rings. The van der Waals surface area contributed by atoms with E-state index in [1.165, 1.54) is 24.2 Å². The van der Waals surface area contributed by atoms with Gasteiger partial charge in [0, 0.05) is 17.6 Å². The molecule has 1 N–H and O–H groups in total. The Morgan fingerprint density at radius 2 is 1.91 bits per heavy atom. The highest BCUT2D eigenvalue weighted by Crippen LogP contribution is 2.24. The van der Waals surface area contributed by atoms with Crippen molar-refractivity contribution in [2.75, 3.05) is 20.8 Å². The third-order valence-electron chi connectivity index (χ3n) is 5.15. The topological polar surface area (TPSA) is 100 Å². The summed E-state index contributed by atoms with van der Waals surface area (Å²) in [7, 11) is 3.04. The fraction of sp³-hybridized carbons (Fsp3) is 0.217. The summed E-state index contributed by atoms with van der Waals surface area (Å²) in [6.07, 6.45) is 3.00. The largest absolute Gasteiger partial charge is 0.497 e. The molecule has 170 valence electrons. The van der Waals surface area contributed by atoms with Crippen LogP contribution in [0.15, 0.2) is 59.8 Å². The molecule has 2 aromatic carbocycles. The zero-order chi connectivity index (χ0) is 23.4. The number of rotatable bonds is 8. The van der Waals surface area contributed by atoms with Gasteiger partial charge in [-0.2, -0.15) is 5.10 Å². The molecule has 0 unspecified atom stereocenters. The first kappa shape index (κ1) is 22.3. The van der Waals surface area contributed by atoms with Crippen molar-refractivity contribution in [2.45, 2.75) is 13.1 Å². The summed E-state index contributed by atoms with van der Waals surface area (Å²) in [5.74, 6) is 0.725. The smallest absolute Gasteiger partial charge is 0.264 e. The number of ether oxygens (including phenoxy) is 2. The first-order valence-electron chi connectivity index (χ1n) is 10.2. The Labute approximate surface area is 194 Å². The van der Waals surface area contributed by atoms with Crippen LogP contribution >= 0.6 is 11.6 Å². The van der Waals surface area contributed by atoms with Crippen molar-refractivity contribution < 1.29 is 14.3 Å². The first-order chi connectivity index (χ1) is 16.0. The van der Waals surface area contributed by atoms with Crippen molar-refractivity contribution in [1.82, 2.24) is 24.6 Å². The molecule has 0 saturated heterocycles. The van der Waals surface area contributed by atoms with Gasteiger partial charge in [-0.3, -0.25) is 14.2 Å². The van der Waals surface area contributed by atoms with Crippen LogP contribution in [0.3, 0.4) is 0 Å². The minimum atomic E-state index is -0.288. The van der Waals surface area contributed by atoms with Crippen molar-refractivity contribution in [2.24, 2.45) is 0 Å². The van der Waals surface area contributed by atoms with Gasteiger partial charge in [0.25, 0.3) is 11.5 Å². The van der Waals surface area contributed by atoms with E-state index in [0.717, 1.165) is 5.56 Å². The predicted octanol–water partition coefficient (Wildman–Crippen LogP) is 2.74. The van der Waals surface area contributed by atoms with Crippen LogP contribution in [0.1, 0.15) is 15.9 Å². The summed E-state index contributed by atoms with van der Waals surface area (Å²) in [6.45, 7) is 1.02. The number of hydrogen-bond acceptors (Lipinski definition) is 6. The summed E-state index contributed by atoms with van der Waals surface area (Å²) < 4.78 is 13.6. The molecule has 0 aliphatic heterocycles. The Hall–Kier alpha value is -3.85. The number of benzene rings is 2. The van der Waals surface area contributed by atoms with Gasteiger partial charge in [-0.25, -0.2) is 9.67 Å². The van der Waals surface area contributed by atoms with Crippen molar-refractivity contribution in [1.29, 1.82) is 0 Å². The number of carbonyl (C=O) groups is 1. The SMILES string of the molecule is COc1ccc(C(=O)NCCn2ncc3c(=O)n(Cc4ccc(Cl)cc4)cnc32)c(OC)c1. The lowest BCUT2D eigenvalue weighted by atomic mass is 10.1. The van der Waals surface area contributed by atoms with Gasteiger partial charge in [0.1, 0.15) is 23.2 Å². The number of aromatic nitrogens is 4. The van der Waals surface area contributed by atoms with E-state index in [9.17, 15) is 9.59 Å².